The van der Waals surface area contributed by atoms with Crippen molar-refractivity contribution in [1.82, 2.24) is 10.6 Å². The zero-order chi connectivity index (χ0) is 19.7. The largest absolute Gasteiger partial charge is 0.459 e. The van der Waals surface area contributed by atoms with Crippen LogP contribution in [-0.2, 0) is 25.7 Å². The Morgan fingerprint density at radius 3 is 2.23 bits per heavy atom. The number of ether oxygens (including phenoxy) is 2. The van der Waals surface area contributed by atoms with E-state index in [0.717, 1.165) is 5.56 Å². The fourth-order valence-corrected chi connectivity index (χ4v) is 2.03. The highest BCUT2D eigenvalue weighted by atomic mass is 16.6. The summed E-state index contributed by atoms with van der Waals surface area (Å²) in [6, 6.07) is 7.62. The van der Waals surface area contributed by atoms with Crippen molar-refractivity contribution in [3.05, 3.63) is 35.9 Å². The first-order valence-corrected chi connectivity index (χ1v) is 8.63. The molecule has 144 valence electrons. The van der Waals surface area contributed by atoms with Crippen LogP contribution in [0.5, 0.6) is 0 Å². The number of carbonyl (C=O) groups is 3. The summed E-state index contributed by atoms with van der Waals surface area (Å²) in [4.78, 5) is 36.1. The molecule has 0 radical (unpaired) electrons. The number of hydrogen-bond donors (Lipinski definition) is 2. The highest BCUT2D eigenvalue weighted by molar-refractivity contribution is 5.89. The number of hydrogen-bond acceptors (Lipinski definition) is 5. The predicted molar refractivity (Wildman–Crippen MR) is 97.3 cm³/mol. The molecule has 0 bridgehead atoms. The van der Waals surface area contributed by atoms with E-state index in [4.69, 9.17) is 9.47 Å². The molecule has 0 saturated carbocycles. The van der Waals surface area contributed by atoms with Gasteiger partial charge in [-0.3, -0.25) is 4.79 Å². The Labute approximate surface area is 154 Å². The van der Waals surface area contributed by atoms with Crippen LogP contribution < -0.4 is 10.6 Å². The molecule has 0 heterocycles. The number of esters is 1. The first-order valence-electron chi connectivity index (χ1n) is 8.63. The molecule has 0 aliphatic rings. The minimum atomic E-state index is -0.833. The second-order valence-electron chi connectivity index (χ2n) is 6.93. The van der Waals surface area contributed by atoms with Crippen LogP contribution in [-0.4, -0.2) is 35.7 Å². The van der Waals surface area contributed by atoms with Gasteiger partial charge in [0.2, 0.25) is 5.91 Å². The molecule has 2 amide bonds. The van der Waals surface area contributed by atoms with E-state index in [1.54, 1.807) is 27.7 Å². The van der Waals surface area contributed by atoms with E-state index in [2.05, 4.69) is 10.6 Å². The summed E-state index contributed by atoms with van der Waals surface area (Å²) in [6.45, 7) is 8.62. The lowest BCUT2D eigenvalue weighted by Gasteiger charge is -2.23. The van der Waals surface area contributed by atoms with Crippen LogP contribution >= 0.6 is 0 Å². The minimum Gasteiger partial charge on any atom is -0.459 e. The molecule has 7 nitrogen and oxygen atoms in total. The maximum absolute atomic E-state index is 12.3. The van der Waals surface area contributed by atoms with E-state index < -0.39 is 35.7 Å². The summed E-state index contributed by atoms with van der Waals surface area (Å²) in [7, 11) is 0. The average Bonchev–Trinajstić information content (AvgIpc) is 2.56. The maximum Gasteiger partial charge on any atom is 0.408 e. The van der Waals surface area contributed by atoms with Gasteiger partial charge in [0.25, 0.3) is 0 Å². The number of benzene rings is 1. The Bertz CT molecular complexity index is 610. The molecule has 1 rings (SSSR count). The fourth-order valence-electron chi connectivity index (χ4n) is 2.03. The SMILES string of the molecule is CCC(NC(=O)OC(C)(C)C)C(=O)NC(C)C(=O)OCc1ccccc1. The van der Waals surface area contributed by atoms with Crippen molar-refractivity contribution in [2.45, 2.75) is 65.3 Å². The molecular formula is C19H28N2O5. The van der Waals surface area contributed by atoms with Crippen LogP contribution in [0.15, 0.2) is 30.3 Å². The van der Waals surface area contributed by atoms with Crippen LogP contribution in [0, 0.1) is 0 Å². The smallest absolute Gasteiger partial charge is 0.408 e. The summed E-state index contributed by atoms with van der Waals surface area (Å²) in [5.41, 5.74) is 0.199. The molecule has 0 aliphatic heterocycles. The third kappa shape index (κ3) is 8.00. The van der Waals surface area contributed by atoms with Gasteiger partial charge in [0, 0.05) is 0 Å². The highest BCUT2D eigenvalue weighted by Gasteiger charge is 2.26. The van der Waals surface area contributed by atoms with Gasteiger partial charge in [-0.05, 0) is 39.7 Å². The van der Waals surface area contributed by atoms with E-state index >= 15 is 0 Å². The molecule has 2 N–H and O–H groups in total. The van der Waals surface area contributed by atoms with E-state index in [9.17, 15) is 14.4 Å². The monoisotopic (exact) mass is 364 g/mol. The van der Waals surface area contributed by atoms with Gasteiger partial charge >= 0.3 is 12.1 Å². The molecule has 1 aromatic carbocycles. The molecular weight excluding hydrogens is 336 g/mol. The Morgan fingerprint density at radius 1 is 1.08 bits per heavy atom. The molecule has 0 saturated heterocycles. The number of alkyl carbamates (subject to hydrolysis) is 1. The summed E-state index contributed by atoms with van der Waals surface area (Å²) in [5, 5.41) is 5.05. The summed E-state index contributed by atoms with van der Waals surface area (Å²) < 4.78 is 10.3. The Balaban J connectivity index is 2.49. The Morgan fingerprint density at radius 2 is 1.69 bits per heavy atom. The van der Waals surface area contributed by atoms with Crippen LogP contribution in [0.2, 0.25) is 0 Å². The van der Waals surface area contributed by atoms with E-state index in [-0.39, 0.29) is 6.61 Å². The Kier molecular flexibility index (Phi) is 8.09. The summed E-state index contributed by atoms with van der Waals surface area (Å²) in [5.74, 6) is -1.02. The van der Waals surface area contributed by atoms with Gasteiger partial charge in [-0.2, -0.15) is 0 Å². The molecule has 26 heavy (non-hydrogen) atoms. The first kappa shape index (κ1) is 21.5. The predicted octanol–water partition coefficient (Wildman–Crippen LogP) is 2.54. The molecule has 2 unspecified atom stereocenters. The standard InChI is InChI=1S/C19H28N2O5/c1-6-15(21-18(24)26-19(3,4)5)16(22)20-13(2)17(23)25-12-14-10-8-7-9-11-14/h7-11,13,15H,6,12H2,1-5H3,(H,20,22)(H,21,24). The molecule has 2 atom stereocenters. The van der Waals surface area contributed by atoms with Crippen molar-refractivity contribution in [2.24, 2.45) is 0 Å². The first-order chi connectivity index (χ1) is 12.1. The third-order valence-electron chi connectivity index (χ3n) is 3.35. The lowest BCUT2D eigenvalue weighted by Crippen LogP contribution is -2.51. The summed E-state index contributed by atoms with van der Waals surface area (Å²) in [6.07, 6.45) is -0.324. The number of carbonyl (C=O) groups excluding carboxylic acids is 3. The highest BCUT2D eigenvalue weighted by Crippen LogP contribution is 2.07. The number of nitrogens with one attached hydrogen (secondary N) is 2. The normalized spacial score (nSPS) is 13.3. The van der Waals surface area contributed by atoms with Gasteiger partial charge in [-0.1, -0.05) is 37.3 Å². The molecule has 0 spiro atoms. The van der Waals surface area contributed by atoms with Crippen LogP contribution in [0.4, 0.5) is 4.79 Å². The molecule has 0 aromatic heterocycles. The van der Waals surface area contributed by atoms with Crippen molar-refractivity contribution < 1.29 is 23.9 Å². The summed E-state index contributed by atoms with van der Waals surface area (Å²) >= 11 is 0. The van der Waals surface area contributed by atoms with Crippen molar-refractivity contribution in [1.29, 1.82) is 0 Å². The van der Waals surface area contributed by atoms with E-state index in [1.165, 1.54) is 6.92 Å². The van der Waals surface area contributed by atoms with Gasteiger partial charge in [0.05, 0.1) is 0 Å². The second kappa shape index (κ2) is 9.79. The maximum atomic E-state index is 12.3. The van der Waals surface area contributed by atoms with E-state index in [1.807, 2.05) is 30.3 Å². The van der Waals surface area contributed by atoms with Gasteiger partial charge < -0.3 is 20.1 Å². The van der Waals surface area contributed by atoms with Crippen molar-refractivity contribution in [2.75, 3.05) is 0 Å². The van der Waals surface area contributed by atoms with Crippen molar-refractivity contribution >= 4 is 18.0 Å². The zero-order valence-electron chi connectivity index (χ0n) is 16.0. The van der Waals surface area contributed by atoms with Crippen molar-refractivity contribution in [3.63, 3.8) is 0 Å². The number of rotatable bonds is 7. The lowest BCUT2D eigenvalue weighted by molar-refractivity contribution is -0.148. The minimum absolute atomic E-state index is 0.132. The molecule has 0 fully saturated rings. The van der Waals surface area contributed by atoms with Crippen LogP contribution in [0.3, 0.4) is 0 Å². The topological polar surface area (TPSA) is 93.7 Å². The quantitative estimate of drug-likeness (QED) is 0.725. The van der Waals surface area contributed by atoms with E-state index in [0.29, 0.717) is 6.42 Å². The van der Waals surface area contributed by atoms with Crippen LogP contribution in [0.1, 0.15) is 46.6 Å². The Hall–Kier alpha value is -2.57. The zero-order valence-corrected chi connectivity index (χ0v) is 16.0. The average molecular weight is 364 g/mol. The second-order valence-corrected chi connectivity index (χ2v) is 6.93. The third-order valence-corrected chi connectivity index (χ3v) is 3.35. The number of amides is 2. The van der Waals surface area contributed by atoms with Crippen LogP contribution in [0.25, 0.3) is 0 Å². The van der Waals surface area contributed by atoms with Gasteiger partial charge in [0.15, 0.2) is 0 Å². The lowest BCUT2D eigenvalue weighted by atomic mass is 10.2. The fraction of sp³-hybridized carbons (Fsp3) is 0.526. The van der Waals surface area contributed by atoms with Gasteiger partial charge in [-0.25, -0.2) is 9.59 Å². The van der Waals surface area contributed by atoms with Gasteiger partial charge in [0.1, 0.15) is 24.3 Å². The van der Waals surface area contributed by atoms with Crippen molar-refractivity contribution in [3.8, 4) is 0 Å². The molecule has 7 heteroatoms. The van der Waals surface area contributed by atoms with Gasteiger partial charge in [-0.15, -0.1) is 0 Å². The molecule has 0 aliphatic carbocycles. The molecule has 1 aromatic rings.